The normalized spacial score (nSPS) is 14.5. The van der Waals surface area contributed by atoms with Gasteiger partial charge in [0.2, 0.25) is 5.91 Å². The maximum Gasteiger partial charge on any atom is 0.246 e. The van der Waals surface area contributed by atoms with Crippen molar-refractivity contribution in [3.8, 4) is 0 Å². The van der Waals surface area contributed by atoms with E-state index in [0.717, 1.165) is 42.8 Å². The fraction of sp³-hybridized carbons (Fsp3) is 0.250. The van der Waals surface area contributed by atoms with Crippen molar-refractivity contribution in [2.24, 2.45) is 0 Å². The molecule has 174 valence electrons. The van der Waals surface area contributed by atoms with Crippen LogP contribution in [0.2, 0.25) is 10.0 Å². The minimum Gasteiger partial charge on any atom is -0.368 e. The molecule has 1 amide bonds. The van der Waals surface area contributed by atoms with Crippen LogP contribution < -0.4 is 10.2 Å². The van der Waals surface area contributed by atoms with E-state index in [-0.39, 0.29) is 12.5 Å². The second-order valence-corrected chi connectivity index (χ2v) is 9.09. The van der Waals surface area contributed by atoms with Gasteiger partial charge in [-0.05, 0) is 42.5 Å². The predicted molar refractivity (Wildman–Crippen MR) is 134 cm³/mol. The average Bonchev–Trinajstić information content (AvgIpc) is 3.25. The third kappa shape index (κ3) is 5.30. The molecule has 1 fully saturated rings. The van der Waals surface area contributed by atoms with Crippen molar-refractivity contribution in [1.82, 2.24) is 24.9 Å². The highest BCUT2D eigenvalue weighted by atomic mass is 35.5. The van der Waals surface area contributed by atoms with Crippen LogP contribution in [0.25, 0.3) is 10.9 Å². The number of nitrogens with one attached hydrogen (secondary N) is 1. The molecule has 1 aliphatic rings. The summed E-state index contributed by atoms with van der Waals surface area (Å²) in [5, 5.41) is 13.5. The Morgan fingerprint density at radius 2 is 1.82 bits per heavy atom. The van der Waals surface area contributed by atoms with Crippen molar-refractivity contribution in [3.63, 3.8) is 0 Å². The summed E-state index contributed by atoms with van der Waals surface area (Å²) in [7, 11) is 0. The molecule has 0 saturated carbocycles. The second-order valence-electron chi connectivity index (χ2n) is 8.22. The van der Waals surface area contributed by atoms with E-state index in [0.29, 0.717) is 22.3 Å². The molecule has 8 nitrogen and oxygen atoms in total. The number of anilines is 2. The summed E-state index contributed by atoms with van der Waals surface area (Å²) in [6, 6.07) is 14.9. The van der Waals surface area contributed by atoms with Gasteiger partial charge in [-0.3, -0.25) is 14.7 Å². The van der Waals surface area contributed by atoms with Gasteiger partial charge < -0.3 is 10.2 Å². The quantitative estimate of drug-likeness (QED) is 0.433. The Morgan fingerprint density at radius 1 is 1.00 bits per heavy atom. The van der Waals surface area contributed by atoms with Crippen molar-refractivity contribution in [2.45, 2.75) is 13.1 Å². The molecule has 0 aliphatic carbocycles. The molecule has 0 unspecified atom stereocenters. The summed E-state index contributed by atoms with van der Waals surface area (Å²) < 4.78 is 1.56. The van der Waals surface area contributed by atoms with Gasteiger partial charge in [0.1, 0.15) is 6.54 Å². The van der Waals surface area contributed by atoms with Crippen LogP contribution >= 0.6 is 23.2 Å². The van der Waals surface area contributed by atoms with Crippen LogP contribution in [0.3, 0.4) is 0 Å². The van der Waals surface area contributed by atoms with Crippen LogP contribution in [0.1, 0.15) is 5.69 Å². The highest BCUT2D eigenvalue weighted by molar-refractivity contribution is 6.31. The zero-order chi connectivity index (χ0) is 23.5. The number of nitrogens with zero attached hydrogens (tertiary/aromatic N) is 6. The maximum atomic E-state index is 12.3. The number of rotatable bonds is 6. The van der Waals surface area contributed by atoms with Gasteiger partial charge in [-0.15, -0.1) is 5.10 Å². The lowest BCUT2D eigenvalue weighted by Gasteiger charge is -2.36. The van der Waals surface area contributed by atoms with Crippen LogP contribution in [-0.4, -0.2) is 57.0 Å². The Hall–Kier alpha value is -3.20. The highest BCUT2D eigenvalue weighted by Gasteiger charge is 2.20. The average molecular weight is 496 g/mol. The third-order valence-electron chi connectivity index (χ3n) is 5.78. The second kappa shape index (κ2) is 9.97. The molecule has 0 spiro atoms. The summed E-state index contributed by atoms with van der Waals surface area (Å²) in [5.41, 5.74) is 3.58. The molecule has 34 heavy (non-hydrogen) atoms. The first kappa shape index (κ1) is 22.6. The topological polar surface area (TPSA) is 79.2 Å². The standard InChI is InChI=1S/C24H23Cl2N7O/c25-17-2-1-3-19(12-17)28-24(34)16-33-15-20(29-30-33)14-31-8-10-32(11-9-31)23-6-7-27-22-13-18(26)4-5-21(22)23/h1-7,12-13,15H,8-11,14,16H2,(H,28,34). The molecule has 3 heterocycles. The van der Waals surface area contributed by atoms with Gasteiger partial charge in [0, 0.05) is 65.7 Å². The highest BCUT2D eigenvalue weighted by Crippen LogP contribution is 2.28. The molecule has 2 aromatic carbocycles. The van der Waals surface area contributed by atoms with Gasteiger partial charge in [0.15, 0.2) is 0 Å². The molecule has 10 heteroatoms. The predicted octanol–water partition coefficient (Wildman–Crippen LogP) is 4.09. The molecule has 5 rings (SSSR count). The Labute approximate surface area is 207 Å². The maximum absolute atomic E-state index is 12.3. The molecular formula is C24H23Cl2N7O. The Balaban J connectivity index is 1.15. The van der Waals surface area contributed by atoms with Gasteiger partial charge >= 0.3 is 0 Å². The summed E-state index contributed by atoms with van der Waals surface area (Å²) in [4.78, 5) is 21.5. The smallest absolute Gasteiger partial charge is 0.246 e. The largest absolute Gasteiger partial charge is 0.368 e. The zero-order valence-electron chi connectivity index (χ0n) is 18.4. The molecule has 1 saturated heterocycles. The lowest BCUT2D eigenvalue weighted by atomic mass is 10.1. The van der Waals surface area contributed by atoms with Gasteiger partial charge in [-0.25, -0.2) is 4.68 Å². The Kier molecular flexibility index (Phi) is 6.62. The van der Waals surface area contributed by atoms with Crippen molar-refractivity contribution >= 4 is 51.4 Å². The molecule has 4 aromatic rings. The summed E-state index contributed by atoms with van der Waals surface area (Å²) >= 11 is 12.1. The summed E-state index contributed by atoms with van der Waals surface area (Å²) in [6.07, 6.45) is 3.66. The molecular weight excluding hydrogens is 473 g/mol. The number of carbonyl (C=O) groups excluding carboxylic acids is 1. The van der Waals surface area contributed by atoms with Gasteiger partial charge in [0.25, 0.3) is 0 Å². The first-order chi connectivity index (χ1) is 16.5. The van der Waals surface area contributed by atoms with Crippen molar-refractivity contribution in [2.75, 3.05) is 36.4 Å². The number of hydrogen-bond acceptors (Lipinski definition) is 6. The first-order valence-corrected chi connectivity index (χ1v) is 11.7. The fourth-order valence-corrected chi connectivity index (χ4v) is 4.52. The Bertz CT molecular complexity index is 1320. The zero-order valence-corrected chi connectivity index (χ0v) is 19.9. The van der Waals surface area contributed by atoms with Crippen LogP contribution in [0.4, 0.5) is 11.4 Å². The molecule has 1 N–H and O–H groups in total. The van der Waals surface area contributed by atoms with Gasteiger partial charge in [-0.1, -0.05) is 34.5 Å². The van der Waals surface area contributed by atoms with E-state index in [1.165, 1.54) is 5.69 Å². The molecule has 0 atom stereocenters. The minimum absolute atomic E-state index is 0.0897. The van der Waals surface area contributed by atoms with E-state index in [4.69, 9.17) is 23.2 Å². The molecule has 2 aromatic heterocycles. The number of benzene rings is 2. The lowest BCUT2D eigenvalue weighted by molar-refractivity contribution is -0.116. The van der Waals surface area contributed by atoms with E-state index >= 15 is 0 Å². The number of carbonyl (C=O) groups is 1. The van der Waals surface area contributed by atoms with E-state index < -0.39 is 0 Å². The molecule has 0 bridgehead atoms. The third-order valence-corrected chi connectivity index (χ3v) is 6.25. The number of hydrogen-bond donors (Lipinski definition) is 1. The SMILES string of the molecule is O=C(Cn1cc(CN2CCN(c3ccnc4cc(Cl)ccc34)CC2)nn1)Nc1cccc(Cl)c1. The van der Waals surface area contributed by atoms with Crippen LogP contribution in [-0.2, 0) is 17.9 Å². The lowest BCUT2D eigenvalue weighted by Crippen LogP contribution is -2.46. The van der Waals surface area contributed by atoms with E-state index in [1.807, 2.05) is 30.6 Å². The van der Waals surface area contributed by atoms with E-state index in [2.05, 4.69) is 36.5 Å². The van der Waals surface area contributed by atoms with E-state index in [1.54, 1.807) is 28.9 Å². The number of fused-ring (bicyclic) bond motifs is 1. The van der Waals surface area contributed by atoms with E-state index in [9.17, 15) is 4.79 Å². The van der Waals surface area contributed by atoms with Crippen LogP contribution in [0.5, 0.6) is 0 Å². The first-order valence-electron chi connectivity index (χ1n) is 11.0. The van der Waals surface area contributed by atoms with Crippen molar-refractivity contribution < 1.29 is 4.79 Å². The minimum atomic E-state index is -0.182. The summed E-state index contributed by atoms with van der Waals surface area (Å²) in [6.45, 7) is 4.39. The van der Waals surface area contributed by atoms with Gasteiger partial charge in [-0.2, -0.15) is 0 Å². The number of piperazine rings is 1. The monoisotopic (exact) mass is 495 g/mol. The number of halogens is 2. The van der Waals surface area contributed by atoms with Crippen LogP contribution in [0.15, 0.2) is 60.9 Å². The number of amides is 1. The molecule has 0 radical (unpaired) electrons. The number of aromatic nitrogens is 4. The summed E-state index contributed by atoms with van der Waals surface area (Å²) in [5.74, 6) is -0.182. The van der Waals surface area contributed by atoms with Crippen molar-refractivity contribution in [3.05, 3.63) is 76.7 Å². The Morgan fingerprint density at radius 3 is 2.65 bits per heavy atom. The van der Waals surface area contributed by atoms with Crippen molar-refractivity contribution in [1.29, 1.82) is 0 Å². The van der Waals surface area contributed by atoms with Crippen LogP contribution in [0, 0.1) is 0 Å². The fourth-order valence-electron chi connectivity index (χ4n) is 4.16. The molecule has 1 aliphatic heterocycles. The van der Waals surface area contributed by atoms with Gasteiger partial charge in [0.05, 0.1) is 17.4 Å². The number of pyridine rings is 1.